The van der Waals surface area contributed by atoms with Gasteiger partial charge in [-0.3, -0.25) is 4.79 Å². The van der Waals surface area contributed by atoms with Gasteiger partial charge < -0.3 is 10.2 Å². The number of piperidine rings is 1. The fraction of sp³-hybridized carbons (Fsp3) is 0.350. The number of benzene rings is 1. The molecule has 3 heterocycles. The van der Waals surface area contributed by atoms with Gasteiger partial charge in [-0.05, 0) is 30.9 Å². The van der Waals surface area contributed by atoms with Crippen LogP contribution in [0.15, 0.2) is 49.1 Å². The zero-order chi connectivity index (χ0) is 21.6. The van der Waals surface area contributed by atoms with Crippen LogP contribution in [-0.4, -0.2) is 54.4 Å². The highest BCUT2D eigenvalue weighted by molar-refractivity contribution is 5.98. The topological polar surface area (TPSA) is 88.8 Å². The Bertz CT molecular complexity index is 1080. The summed E-state index contributed by atoms with van der Waals surface area (Å²) in [6, 6.07) is 6.96. The molecule has 3 aromatic rings. The van der Waals surface area contributed by atoms with Gasteiger partial charge in [0.1, 0.15) is 5.82 Å². The van der Waals surface area contributed by atoms with Crippen molar-refractivity contribution < 1.29 is 18.0 Å². The van der Waals surface area contributed by atoms with Crippen molar-refractivity contribution >= 4 is 11.7 Å². The van der Waals surface area contributed by atoms with E-state index in [1.54, 1.807) is 30.6 Å². The highest BCUT2D eigenvalue weighted by Crippen LogP contribution is 2.40. The Morgan fingerprint density at radius 2 is 1.84 bits per heavy atom. The van der Waals surface area contributed by atoms with Gasteiger partial charge in [0, 0.05) is 12.6 Å². The average molecular weight is 429 g/mol. The van der Waals surface area contributed by atoms with Crippen molar-refractivity contribution in [1.82, 2.24) is 29.9 Å². The van der Waals surface area contributed by atoms with Crippen LogP contribution >= 0.6 is 0 Å². The number of carbonyl (C=O) groups excluding carboxylic acids is 1. The molecule has 2 aromatic heterocycles. The predicted molar refractivity (Wildman–Crippen MR) is 103 cm³/mol. The van der Waals surface area contributed by atoms with Crippen molar-refractivity contribution in [2.75, 3.05) is 11.9 Å². The summed E-state index contributed by atoms with van der Waals surface area (Å²) in [5.74, 6) is 0.466. The first-order valence-electron chi connectivity index (χ1n) is 9.82. The van der Waals surface area contributed by atoms with Crippen molar-refractivity contribution in [2.24, 2.45) is 5.92 Å². The van der Waals surface area contributed by atoms with Gasteiger partial charge in [-0.15, -0.1) is 0 Å². The molecule has 3 atom stereocenters. The normalized spacial score (nSPS) is 22.7. The molecule has 1 aliphatic heterocycles. The molecular formula is C20H18F3N7O. The standard InChI is InChI=1S/C20H18F3N7O/c21-20(22,23)17-9-25-18(10-24-17)28-14-7-12-8-16(14)29(11-12)19(31)13-3-1-2-4-15(13)30-26-5-6-27-30/h1-6,9-10,12,14,16H,7-8,11H2,(H,25,28)/t12-,14+,16-/m0/s1. The summed E-state index contributed by atoms with van der Waals surface area (Å²) in [5, 5.41) is 11.4. The van der Waals surface area contributed by atoms with Gasteiger partial charge in [-0.25, -0.2) is 9.97 Å². The number of likely N-dealkylation sites (tertiary alicyclic amines) is 1. The first-order chi connectivity index (χ1) is 14.9. The quantitative estimate of drug-likeness (QED) is 0.686. The van der Waals surface area contributed by atoms with Gasteiger partial charge in [-0.2, -0.15) is 28.2 Å². The van der Waals surface area contributed by atoms with Gasteiger partial charge in [0.2, 0.25) is 0 Å². The second kappa shape index (κ2) is 7.33. The Hall–Kier alpha value is -3.50. The summed E-state index contributed by atoms with van der Waals surface area (Å²) in [6.45, 7) is 0.640. The molecule has 1 saturated heterocycles. The minimum absolute atomic E-state index is 0.0831. The Kier molecular flexibility index (Phi) is 4.60. The number of para-hydroxylation sites is 1. The van der Waals surface area contributed by atoms with E-state index in [1.165, 1.54) is 4.80 Å². The summed E-state index contributed by atoms with van der Waals surface area (Å²) in [5.41, 5.74) is 0.0596. The molecule has 11 heteroatoms. The number of carbonyl (C=O) groups is 1. The van der Waals surface area contributed by atoms with Crippen molar-refractivity contribution in [3.63, 3.8) is 0 Å². The Morgan fingerprint density at radius 1 is 1.06 bits per heavy atom. The number of anilines is 1. The maximum Gasteiger partial charge on any atom is 0.434 e. The van der Waals surface area contributed by atoms with Gasteiger partial charge in [0.05, 0.1) is 42.1 Å². The molecule has 2 fully saturated rings. The van der Waals surface area contributed by atoms with Gasteiger partial charge in [-0.1, -0.05) is 12.1 Å². The van der Waals surface area contributed by atoms with Crippen LogP contribution in [0.4, 0.5) is 19.0 Å². The minimum Gasteiger partial charge on any atom is -0.364 e. The van der Waals surface area contributed by atoms with Crippen molar-refractivity contribution in [1.29, 1.82) is 0 Å². The smallest absolute Gasteiger partial charge is 0.364 e. The van der Waals surface area contributed by atoms with Gasteiger partial charge in [0.15, 0.2) is 5.69 Å². The maximum atomic E-state index is 13.4. The number of hydrogen-bond donors (Lipinski definition) is 1. The van der Waals surface area contributed by atoms with Crippen LogP contribution in [-0.2, 0) is 6.18 Å². The van der Waals surface area contributed by atoms with E-state index in [0.717, 1.165) is 19.0 Å². The molecule has 0 radical (unpaired) electrons. The van der Waals surface area contributed by atoms with E-state index in [9.17, 15) is 18.0 Å². The van der Waals surface area contributed by atoms with E-state index in [2.05, 4.69) is 25.5 Å². The van der Waals surface area contributed by atoms with Crippen LogP contribution < -0.4 is 5.32 Å². The molecule has 31 heavy (non-hydrogen) atoms. The molecule has 0 spiro atoms. The Labute approximate surface area is 175 Å². The summed E-state index contributed by atoms with van der Waals surface area (Å²) < 4.78 is 38.1. The fourth-order valence-electron chi connectivity index (χ4n) is 4.48. The number of nitrogens with one attached hydrogen (secondary N) is 1. The van der Waals surface area contributed by atoms with E-state index in [1.807, 2.05) is 11.0 Å². The lowest BCUT2D eigenvalue weighted by Gasteiger charge is -2.34. The van der Waals surface area contributed by atoms with Crippen LogP contribution in [0.1, 0.15) is 28.9 Å². The predicted octanol–water partition coefficient (Wildman–Crippen LogP) is 2.79. The van der Waals surface area contributed by atoms with E-state index >= 15 is 0 Å². The van der Waals surface area contributed by atoms with Crippen LogP contribution in [0.25, 0.3) is 5.69 Å². The first kappa shape index (κ1) is 19.5. The lowest BCUT2D eigenvalue weighted by Crippen LogP contribution is -2.48. The molecule has 0 unspecified atom stereocenters. The molecule has 160 valence electrons. The summed E-state index contributed by atoms with van der Waals surface area (Å²) in [6.07, 6.45) is 2.01. The number of halogens is 3. The first-order valence-corrected chi connectivity index (χ1v) is 9.82. The highest BCUT2D eigenvalue weighted by atomic mass is 19.4. The number of nitrogens with zero attached hydrogens (tertiary/aromatic N) is 6. The summed E-state index contributed by atoms with van der Waals surface area (Å²) in [7, 11) is 0. The van der Waals surface area contributed by atoms with E-state index in [0.29, 0.717) is 29.9 Å². The molecule has 2 bridgehead atoms. The molecule has 1 aromatic carbocycles. The fourth-order valence-corrected chi connectivity index (χ4v) is 4.48. The molecule has 1 aliphatic carbocycles. The second-order valence-corrected chi connectivity index (χ2v) is 7.73. The number of alkyl halides is 3. The molecule has 5 rings (SSSR count). The number of amides is 1. The van der Waals surface area contributed by atoms with Crippen LogP contribution in [0.5, 0.6) is 0 Å². The Morgan fingerprint density at radius 3 is 2.52 bits per heavy atom. The minimum atomic E-state index is -4.53. The zero-order valence-electron chi connectivity index (χ0n) is 16.2. The third kappa shape index (κ3) is 3.60. The summed E-state index contributed by atoms with van der Waals surface area (Å²) in [4.78, 5) is 23.9. The molecular weight excluding hydrogens is 411 g/mol. The third-order valence-corrected chi connectivity index (χ3v) is 5.79. The molecule has 1 amide bonds. The van der Waals surface area contributed by atoms with Crippen molar-refractivity contribution in [3.8, 4) is 5.69 Å². The monoisotopic (exact) mass is 429 g/mol. The zero-order valence-corrected chi connectivity index (χ0v) is 16.2. The number of fused-ring (bicyclic) bond motifs is 2. The molecule has 1 saturated carbocycles. The van der Waals surface area contributed by atoms with Crippen molar-refractivity contribution in [3.05, 3.63) is 60.3 Å². The number of rotatable bonds is 4. The molecule has 8 nitrogen and oxygen atoms in total. The van der Waals surface area contributed by atoms with E-state index < -0.39 is 11.9 Å². The lowest BCUT2D eigenvalue weighted by molar-refractivity contribution is -0.141. The number of hydrogen-bond acceptors (Lipinski definition) is 6. The molecule has 1 N–H and O–H groups in total. The van der Waals surface area contributed by atoms with Gasteiger partial charge in [0.25, 0.3) is 5.91 Å². The Balaban J connectivity index is 1.35. The average Bonchev–Trinajstić information content (AvgIpc) is 3.50. The second-order valence-electron chi connectivity index (χ2n) is 7.73. The maximum absolute atomic E-state index is 13.4. The third-order valence-electron chi connectivity index (χ3n) is 5.79. The largest absolute Gasteiger partial charge is 0.434 e. The van der Waals surface area contributed by atoms with Gasteiger partial charge >= 0.3 is 6.18 Å². The number of aromatic nitrogens is 5. The summed E-state index contributed by atoms with van der Waals surface area (Å²) >= 11 is 0. The highest BCUT2D eigenvalue weighted by Gasteiger charge is 2.47. The van der Waals surface area contributed by atoms with Crippen LogP contribution in [0.2, 0.25) is 0 Å². The lowest BCUT2D eigenvalue weighted by atomic mass is 10.0. The van der Waals surface area contributed by atoms with Crippen LogP contribution in [0.3, 0.4) is 0 Å². The van der Waals surface area contributed by atoms with E-state index in [4.69, 9.17) is 0 Å². The van der Waals surface area contributed by atoms with Crippen molar-refractivity contribution in [2.45, 2.75) is 31.1 Å². The van der Waals surface area contributed by atoms with Crippen LogP contribution in [0, 0.1) is 5.92 Å². The van der Waals surface area contributed by atoms with E-state index in [-0.39, 0.29) is 23.8 Å². The molecule has 2 aliphatic rings. The SMILES string of the molecule is O=C(c1ccccc1-n1nccn1)N1C[C@H]2C[C@@H](Nc3cnc(C(F)(F)F)cn3)[C@@H]1C2.